The van der Waals surface area contributed by atoms with Crippen molar-refractivity contribution in [3.8, 4) is 11.5 Å². The molecule has 0 spiro atoms. The number of guanidine groups is 1. The fourth-order valence-corrected chi connectivity index (χ4v) is 3.43. The lowest BCUT2D eigenvalue weighted by Gasteiger charge is -2.37. The molecule has 7 nitrogen and oxygen atoms in total. The van der Waals surface area contributed by atoms with Gasteiger partial charge in [0.1, 0.15) is 0 Å². The number of benzene rings is 1. The number of hydrogen-bond acceptors (Lipinski definition) is 5. The monoisotopic (exact) mass is 556 g/mol. The Morgan fingerprint density at radius 3 is 2.48 bits per heavy atom. The number of hydrogen-bond donors (Lipinski definition) is 2. The maximum Gasteiger partial charge on any atom is 0.387 e. The van der Waals surface area contributed by atoms with Crippen molar-refractivity contribution in [1.29, 1.82) is 0 Å². The molecule has 31 heavy (non-hydrogen) atoms. The third-order valence-electron chi connectivity index (χ3n) is 4.97. The van der Waals surface area contributed by atoms with E-state index in [0.29, 0.717) is 36.8 Å². The van der Waals surface area contributed by atoms with Crippen LogP contribution in [0.5, 0.6) is 11.5 Å². The van der Waals surface area contributed by atoms with Gasteiger partial charge in [0, 0.05) is 39.3 Å². The van der Waals surface area contributed by atoms with Crippen molar-refractivity contribution in [2.24, 2.45) is 10.9 Å². The van der Waals surface area contributed by atoms with Crippen LogP contribution in [0.4, 0.5) is 8.78 Å². The quantitative estimate of drug-likeness (QED) is 0.262. The summed E-state index contributed by atoms with van der Waals surface area (Å²) in [4.78, 5) is 6.74. The van der Waals surface area contributed by atoms with Crippen LogP contribution in [0.1, 0.15) is 26.3 Å². The molecule has 1 aromatic rings. The van der Waals surface area contributed by atoms with Crippen molar-refractivity contribution >= 4 is 29.9 Å². The van der Waals surface area contributed by atoms with E-state index in [1.54, 1.807) is 26.1 Å². The van der Waals surface area contributed by atoms with Gasteiger partial charge in [-0.3, -0.25) is 9.89 Å². The summed E-state index contributed by atoms with van der Waals surface area (Å²) in [5, 5.41) is 6.66. The van der Waals surface area contributed by atoms with E-state index < -0.39 is 6.61 Å². The molecular weight excluding hydrogens is 521 g/mol. The van der Waals surface area contributed by atoms with Crippen LogP contribution in [-0.2, 0) is 11.3 Å². The van der Waals surface area contributed by atoms with Gasteiger partial charge in [-0.1, -0.05) is 19.9 Å². The highest BCUT2D eigenvalue weighted by Gasteiger charge is 2.23. The molecule has 1 fully saturated rings. The molecule has 0 radical (unpaired) electrons. The normalized spacial score (nSPS) is 16.1. The van der Waals surface area contributed by atoms with Gasteiger partial charge >= 0.3 is 6.61 Å². The van der Waals surface area contributed by atoms with Crippen LogP contribution >= 0.6 is 24.0 Å². The average molecular weight is 556 g/mol. The minimum Gasteiger partial charge on any atom is -0.490 e. The van der Waals surface area contributed by atoms with Crippen LogP contribution in [0.15, 0.2) is 23.2 Å². The Morgan fingerprint density at radius 1 is 1.19 bits per heavy atom. The maximum absolute atomic E-state index is 12.6. The molecule has 2 rings (SSSR count). The molecule has 0 amide bonds. The molecular formula is C21H35F2IN4O3. The van der Waals surface area contributed by atoms with Gasteiger partial charge in [0.25, 0.3) is 0 Å². The predicted molar refractivity (Wildman–Crippen MR) is 129 cm³/mol. The molecule has 1 aromatic carbocycles. The van der Waals surface area contributed by atoms with Crippen LogP contribution in [-0.4, -0.2) is 70.0 Å². The van der Waals surface area contributed by atoms with E-state index in [1.807, 2.05) is 0 Å². The van der Waals surface area contributed by atoms with Crippen molar-refractivity contribution in [2.45, 2.75) is 40.0 Å². The van der Waals surface area contributed by atoms with E-state index in [0.717, 1.165) is 38.4 Å². The largest absolute Gasteiger partial charge is 0.490 e. The number of aliphatic imine (C=N–C) groups is 1. The first-order chi connectivity index (χ1) is 14.4. The average Bonchev–Trinajstić information content (AvgIpc) is 2.72. The fourth-order valence-electron chi connectivity index (χ4n) is 3.43. The highest BCUT2D eigenvalue weighted by molar-refractivity contribution is 14.0. The van der Waals surface area contributed by atoms with E-state index in [9.17, 15) is 8.78 Å². The van der Waals surface area contributed by atoms with Crippen LogP contribution in [0.3, 0.4) is 0 Å². The highest BCUT2D eigenvalue weighted by Crippen LogP contribution is 2.29. The van der Waals surface area contributed by atoms with Crippen molar-refractivity contribution in [3.63, 3.8) is 0 Å². The van der Waals surface area contributed by atoms with E-state index in [2.05, 4.69) is 39.1 Å². The summed E-state index contributed by atoms with van der Waals surface area (Å²) < 4.78 is 40.5. The summed E-state index contributed by atoms with van der Waals surface area (Å²) in [6.07, 6.45) is 0. The molecule has 1 aliphatic rings. The molecule has 0 aromatic heterocycles. The Balaban J connectivity index is 0.00000480. The Morgan fingerprint density at radius 2 is 1.90 bits per heavy atom. The van der Waals surface area contributed by atoms with Gasteiger partial charge in [0.05, 0.1) is 19.8 Å². The summed E-state index contributed by atoms with van der Waals surface area (Å²) in [6.45, 7) is 8.34. The molecule has 1 saturated heterocycles. The SMILES string of the molecule is CCOc1cc(CNC(=NC)NCC(C(C)C)N2CCOCC2)ccc1OC(F)F.I. The summed E-state index contributed by atoms with van der Waals surface area (Å²) >= 11 is 0. The smallest absolute Gasteiger partial charge is 0.387 e. The molecule has 2 N–H and O–H groups in total. The number of ether oxygens (including phenoxy) is 3. The Hall–Kier alpha value is -1.40. The van der Waals surface area contributed by atoms with Gasteiger partial charge in [-0.15, -0.1) is 24.0 Å². The lowest BCUT2D eigenvalue weighted by Crippen LogP contribution is -2.52. The van der Waals surface area contributed by atoms with Gasteiger partial charge in [-0.05, 0) is 30.5 Å². The van der Waals surface area contributed by atoms with Crippen LogP contribution in [0.2, 0.25) is 0 Å². The molecule has 178 valence electrons. The standard InChI is InChI=1S/C21H34F2N4O3.HI/c1-5-29-19-12-16(6-7-18(19)30-20(22)23)13-25-21(24-4)26-14-17(15(2)3)27-8-10-28-11-9-27;/h6-7,12,15,17,20H,5,8-11,13-14H2,1-4H3,(H2,24,25,26);1H. The second kappa shape index (κ2) is 14.6. The van der Waals surface area contributed by atoms with Gasteiger partial charge in [-0.2, -0.15) is 8.78 Å². The molecule has 10 heteroatoms. The minimum atomic E-state index is -2.89. The first-order valence-corrected chi connectivity index (χ1v) is 10.4. The number of rotatable bonds is 10. The first-order valence-electron chi connectivity index (χ1n) is 10.4. The van der Waals surface area contributed by atoms with Crippen molar-refractivity contribution in [3.05, 3.63) is 23.8 Å². The van der Waals surface area contributed by atoms with Crippen LogP contribution < -0.4 is 20.1 Å². The molecule has 1 atom stereocenters. The van der Waals surface area contributed by atoms with Crippen molar-refractivity contribution < 1.29 is 23.0 Å². The zero-order valence-corrected chi connectivity index (χ0v) is 21.0. The Kier molecular flexibility index (Phi) is 13.0. The summed E-state index contributed by atoms with van der Waals surface area (Å²) in [7, 11) is 1.72. The summed E-state index contributed by atoms with van der Waals surface area (Å²) in [5.74, 6) is 1.50. The fraction of sp³-hybridized carbons (Fsp3) is 0.667. The second-order valence-electron chi connectivity index (χ2n) is 7.36. The van der Waals surface area contributed by atoms with Gasteiger partial charge in [0.2, 0.25) is 0 Å². The number of nitrogens with one attached hydrogen (secondary N) is 2. The highest BCUT2D eigenvalue weighted by atomic mass is 127. The lowest BCUT2D eigenvalue weighted by atomic mass is 10.0. The molecule has 0 aliphatic carbocycles. The first kappa shape index (κ1) is 27.6. The second-order valence-corrected chi connectivity index (χ2v) is 7.36. The maximum atomic E-state index is 12.6. The number of nitrogens with zero attached hydrogens (tertiary/aromatic N) is 2. The van der Waals surface area contributed by atoms with Crippen molar-refractivity contribution in [1.82, 2.24) is 15.5 Å². The van der Waals surface area contributed by atoms with E-state index in [1.165, 1.54) is 6.07 Å². The van der Waals surface area contributed by atoms with E-state index in [-0.39, 0.29) is 29.7 Å². The minimum absolute atomic E-state index is 0. The topological polar surface area (TPSA) is 67.4 Å². The number of halogens is 3. The third-order valence-corrected chi connectivity index (χ3v) is 4.97. The zero-order valence-electron chi connectivity index (χ0n) is 18.7. The van der Waals surface area contributed by atoms with Crippen LogP contribution in [0, 0.1) is 5.92 Å². The van der Waals surface area contributed by atoms with Crippen molar-refractivity contribution in [2.75, 3.05) is 46.5 Å². The van der Waals surface area contributed by atoms with E-state index >= 15 is 0 Å². The van der Waals surface area contributed by atoms with Gasteiger partial charge in [-0.25, -0.2) is 0 Å². The Bertz CT molecular complexity index is 674. The lowest BCUT2D eigenvalue weighted by molar-refractivity contribution is -0.0514. The Labute approximate surface area is 200 Å². The van der Waals surface area contributed by atoms with Crippen LogP contribution in [0.25, 0.3) is 0 Å². The predicted octanol–water partition coefficient (Wildman–Crippen LogP) is 3.33. The van der Waals surface area contributed by atoms with E-state index in [4.69, 9.17) is 9.47 Å². The number of morpholine rings is 1. The molecule has 0 saturated carbocycles. The molecule has 1 heterocycles. The summed E-state index contributed by atoms with van der Waals surface area (Å²) in [5.41, 5.74) is 0.872. The zero-order chi connectivity index (χ0) is 21.9. The summed E-state index contributed by atoms with van der Waals surface area (Å²) in [6, 6.07) is 5.30. The number of alkyl halides is 2. The molecule has 0 bridgehead atoms. The van der Waals surface area contributed by atoms with Gasteiger partial charge < -0.3 is 24.8 Å². The third kappa shape index (κ3) is 9.32. The van der Waals surface area contributed by atoms with Gasteiger partial charge in [0.15, 0.2) is 17.5 Å². The molecule has 1 unspecified atom stereocenters. The molecule has 1 aliphatic heterocycles.